The molecule has 0 aromatic carbocycles. The van der Waals surface area contributed by atoms with E-state index in [1.54, 1.807) is 27.7 Å². The maximum absolute atomic E-state index is 14.6. The van der Waals surface area contributed by atoms with Gasteiger partial charge in [-0.15, -0.1) is 0 Å². The fourth-order valence-electron chi connectivity index (χ4n) is 6.14. The Kier molecular flexibility index (Phi) is 21.1. The van der Waals surface area contributed by atoms with Gasteiger partial charge in [0.05, 0.1) is 25.2 Å². The molecule has 294 valence electrons. The van der Waals surface area contributed by atoms with Crippen molar-refractivity contribution < 1.29 is 44.1 Å². The minimum absolute atomic E-state index is 0.0234. The second-order valence-electron chi connectivity index (χ2n) is 15.0. The van der Waals surface area contributed by atoms with E-state index in [1.807, 2.05) is 13.8 Å². The van der Waals surface area contributed by atoms with Gasteiger partial charge < -0.3 is 36.6 Å². The van der Waals surface area contributed by atoms with Crippen LogP contribution in [0.15, 0.2) is 0 Å². The predicted octanol–water partition coefficient (Wildman–Crippen LogP) is 2.07. The minimum Gasteiger partial charge on any atom is -0.394 e. The lowest BCUT2D eigenvalue weighted by atomic mass is 9.93. The van der Waals surface area contributed by atoms with E-state index in [9.17, 15) is 44.1 Å². The highest BCUT2D eigenvalue weighted by Crippen LogP contribution is 2.22. The van der Waals surface area contributed by atoms with Crippen LogP contribution in [-0.4, -0.2) is 105 Å². The standard InChI is InChI=1S/C37H67N5O9/c1-9-11-12-13-14-15-16-17-26(45)20-30(46)42-29(19-23(5)6)35(49)39-28(21-43)34(48)41-32(25(8)44)36(50)38-27(18-22(3)4)33(47)40-31(37(42)51)24(7)10-2/h22-29,31-32,43-45H,9-21H2,1-8H3,(H,38,50)(H,39,49)(H,40,47)(H,41,48). The fraction of sp³-hybridized carbons (Fsp3) is 0.838. The van der Waals surface area contributed by atoms with Gasteiger partial charge in [0.25, 0.3) is 5.91 Å². The normalized spacial score (nSPS) is 24.6. The molecular formula is C37H67N5O9. The smallest absolute Gasteiger partial charge is 0.252 e. The Morgan fingerprint density at radius 3 is 1.75 bits per heavy atom. The van der Waals surface area contributed by atoms with E-state index >= 15 is 0 Å². The zero-order valence-electron chi connectivity index (χ0n) is 32.2. The van der Waals surface area contributed by atoms with Crippen LogP contribution in [0.1, 0.15) is 132 Å². The predicted molar refractivity (Wildman–Crippen MR) is 194 cm³/mol. The summed E-state index contributed by atoms with van der Waals surface area (Å²) in [6.07, 6.45) is 4.99. The molecule has 6 amide bonds. The summed E-state index contributed by atoms with van der Waals surface area (Å²) in [6, 6.07) is -7.12. The van der Waals surface area contributed by atoms with Crippen molar-refractivity contribution in [2.45, 2.75) is 175 Å². The number of aliphatic hydroxyl groups is 3. The van der Waals surface area contributed by atoms with Crippen LogP contribution in [0.5, 0.6) is 0 Å². The third-order valence-corrected chi connectivity index (χ3v) is 9.36. The first-order valence-corrected chi connectivity index (χ1v) is 19.0. The molecule has 0 spiro atoms. The van der Waals surface area contributed by atoms with Gasteiger partial charge in [-0.25, -0.2) is 0 Å². The summed E-state index contributed by atoms with van der Waals surface area (Å²) in [4.78, 5) is 84.1. The molecule has 1 aliphatic rings. The summed E-state index contributed by atoms with van der Waals surface area (Å²) >= 11 is 0. The molecule has 0 radical (unpaired) electrons. The zero-order valence-corrected chi connectivity index (χ0v) is 32.2. The molecule has 1 saturated heterocycles. The van der Waals surface area contributed by atoms with Crippen LogP contribution in [0.2, 0.25) is 0 Å². The second kappa shape index (κ2) is 23.5. The van der Waals surface area contributed by atoms with Gasteiger partial charge in [0.15, 0.2) is 0 Å². The fourth-order valence-corrected chi connectivity index (χ4v) is 6.14. The number of nitrogens with one attached hydrogen (secondary N) is 4. The van der Waals surface area contributed by atoms with Crippen LogP contribution in [0.25, 0.3) is 0 Å². The monoisotopic (exact) mass is 725 g/mol. The molecule has 1 heterocycles. The highest BCUT2D eigenvalue weighted by molar-refractivity contribution is 6.05. The number of unbranched alkanes of at least 4 members (excludes halogenated alkanes) is 6. The van der Waals surface area contributed by atoms with Gasteiger partial charge >= 0.3 is 0 Å². The minimum atomic E-state index is -1.61. The first kappa shape index (κ1) is 45.9. The Bertz CT molecular complexity index is 1130. The molecule has 1 fully saturated rings. The molecule has 51 heavy (non-hydrogen) atoms. The molecule has 0 aromatic heterocycles. The van der Waals surface area contributed by atoms with E-state index in [4.69, 9.17) is 0 Å². The molecule has 0 aromatic rings. The largest absolute Gasteiger partial charge is 0.394 e. The molecule has 14 nitrogen and oxygen atoms in total. The number of amides is 6. The van der Waals surface area contributed by atoms with E-state index in [1.165, 1.54) is 13.3 Å². The average Bonchev–Trinajstić information content (AvgIpc) is 3.05. The van der Waals surface area contributed by atoms with Gasteiger partial charge in [-0.05, 0) is 43.9 Å². The van der Waals surface area contributed by atoms with Crippen molar-refractivity contribution in [2.75, 3.05) is 6.61 Å². The van der Waals surface area contributed by atoms with E-state index in [0.717, 1.165) is 37.0 Å². The summed E-state index contributed by atoms with van der Waals surface area (Å²) in [5, 5.41) is 41.6. The van der Waals surface area contributed by atoms with Crippen molar-refractivity contribution >= 4 is 35.4 Å². The lowest BCUT2D eigenvalue weighted by Gasteiger charge is -2.36. The van der Waals surface area contributed by atoms with Gasteiger partial charge in [0, 0.05) is 0 Å². The summed E-state index contributed by atoms with van der Waals surface area (Å²) in [6.45, 7) is 13.3. The highest BCUT2D eigenvalue weighted by Gasteiger charge is 2.43. The van der Waals surface area contributed by atoms with E-state index < -0.39 is 96.8 Å². The Morgan fingerprint density at radius 2 is 1.22 bits per heavy atom. The second-order valence-corrected chi connectivity index (χ2v) is 15.0. The quantitative estimate of drug-likeness (QED) is 0.103. The molecule has 0 saturated carbocycles. The third-order valence-electron chi connectivity index (χ3n) is 9.36. The first-order valence-electron chi connectivity index (χ1n) is 19.0. The van der Waals surface area contributed by atoms with Crippen LogP contribution in [0.4, 0.5) is 0 Å². The topological polar surface area (TPSA) is 214 Å². The lowest BCUT2D eigenvalue weighted by molar-refractivity contribution is -0.156. The van der Waals surface area contributed by atoms with Crippen molar-refractivity contribution in [2.24, 2.45) is 17.8 Å². The number of carbonyl (C=O) groups excluding carboxylic acids is 6. The average molecular weight is 726 g/mol. The Hall–Kier alpha value is -3.10. The lowest BCUT2D eigenvalue weighted by Crippen LogP contribution is -2.62. The molecule has 7 N–H and O–H groups in total. The van der Waals surface area contributed by atoms with Gasteiger partial charge in [-0.2, -0.15) is 0 Å². The molecule has 1 rings (SSSR count). The number of hydrogen-bond donors (Lipinski definition) is 7. The van der Waals surface area contributed by atoms with Crippen molar-refractivity contribution in [3.8, 4) is 0 Å². The molecule has 14 heteroatoms. The Balaban J connectivity index is 3.72. The van der Waals surface area contributed by atoms with Crippen molar-refractivity contribution in [1.82, 2.24) is 26.2 Å². The van der Waals surface area contributed by atoms with Gasteiger partial charge in [-0.3, -0.25) is 33.7 Å². The summed E-state index contributed by atoms with van der Waals surface area (Å²) in [7, 11) is 0. The Morgan fingerprint density at radius 1 is 0.686 bits per heavy atom. The maximum Gasteiger partial charge on any atom is 0.252 e. The zero-order chi connectivity index (χ0) is 38.8. The SMILES string of the molecule is CCCCCCCCCC(O)CC(=O)N1C(=O)C(C(C)CC)NC(=O)C(CC(C)C)NC(=O)C(C(C)O)NC(=O)C(CO)NC(=O)C1CC(C)C. The van der Waals surface area contributed by atoms with Gasteiger partial charge in [-0.1, -0.05) is 99.8 Å². The van der Waals surface area contributed by atoms with Crippen LogP contribution >= 0.6 is 0 Å². The number of hydrogen-bond acceptors (Lipinski definition) is 9. The molecule has 0 aliphatic carbocycles. The van der Waals surface area contributed by atoms with Crippen LogP contribution in [-0.2, 0) is 28.8 Å². The van der Waals surface area contributed by atoms with E-state index in [-0.39, 0.29) is 24.7 Å². The Labute approximate surface area is 304 Å². The van der Waals surface area contributed by atoms with Crippen molar-refractivity contribution in [3.63, 3.8) is 0 Å². The summed E-state index contributed by atoms with van der Waals surface area (Å²) < 4.78 is 0. The molecule has 8 atom stereocenters. The van der Waals surface area contributed by atoms with Crippen LogP contribution in [0.3, 0.4) is 0 Å². The number of carbonyl (C=O) groups is 6. The van der Waals surface area contributed by atoms with Crippen molar-refractivity contribution in [1.29, 1.82) is 0 Å². The van der Waals surface area contributed by atoms with E-state index in [2.05, 4.69) is 28.2 Å². The molecule has 0 bridgehead atoms. The molecule has 1 aliphatic heterocycles. The van der Waals surface area contributed by atoms with Crippen molar-refractivity contribution in [3.05, 3.63) is 0 Å². The highest BCUT2D eigenvalue weighted by atomic mass is 16.3. The van der Waals surface area contributed by atoms with Crippen LogP contribution < -0.4 is 21.3 Å². The number of nitrogens with zero attached hydrogens (tertiary/aromatic N) is 1. The molecule has 8 unspecified atom stereocenters. The van der Waals surface area contributed by atoms with Gasteiger partial charge in [0.1, 0.15) is 30.2 Å². The third kappa shape index (κ3) is 15.6. The number of rotatable bonds is 18. The summed E-state index contributed by atoms with van der Waals surface area (Å²) in [5.41, 5.74) is 0. The summed E-state index contributed by atoms with van der Waals surface area (Å²) in [5.74, 6) is -6.05. The number of imide groups is 1. The number of aliphatic hydroxyl groups excluding tert-OH is 3. The van der Waals surface area contributed by atoms with Crippen LogP contribution in [0, 0.1) is 17.8 Å². The molecular weight excluding hydrogens is 658 g/mol. The first-order chi connectivity index (χ1) is 24.0. The maximum atomic E-state index is 14.6. The van der Waals surface area contributed by atoms with E-state index in [0.29, 0.717) is 19.3 Å². The van der Waals surface area contributed by atoms with Gasteiger partial charge in [0.2, 0.25) is 29.5 Å².